The van der Waals surface area contributed by atoms with Gasteiger partial charge >= 0.3 is 0 Å². The SMILES string of the molecule is CCCCCC(N)C1CCC(C(C)C)CC1. The van der Waals surface area contributed by atoms with E-state index in [4.69, 9.17) is 5.73 Å². The van der Waals surface area contributed by atoms with Crippen molar-refractivity contribution in [2.24, 2.45) is 23.5 Å². The van der Waals surface area contributed by atoms with E-state index in [9.17, 15) is 0 Å². The van der Waals surface area contributed by atoms with Crippen LogP contribution >= 0.6 is 0 Å². The summed E-state index contributed by atoms with van der Waals surface area (Å²) in [5.41, 5.74) is 6.31. The Balaban J connectivity index is 2.19. The van der Waals surface area contributed by atoms with Gasteiger partial charge in [0.1, 0.15) is 0 Å². The molecule has 0 spiro atoms. The summed E-state index contributed by atoms with van der Waals surface area (Å²) in [6.07, 6.45) is 10.9. The van der Waals surface area contributed by atoms with E-state index in [1.165, 1.54) is 51.4 Å². The zero-order chi connectivity index (χ0) is 12.0. The van der Waals surface area contributed by atoms with Crippen LogP contribution in [0.25, 0.3) is 0 Å². The van der Waals surface area contributed by atoms with E-state index < -0.39 is 0 Å². The Kier molecular flexibility index (Phi) is 6.41. The fourth-order valence-electron chi connectivity index (χ4n) is 3.11. The fourth-order valence-corrected chi connectivity index (χ4v) is 3.11. The lowest BCUT2D eigenvalue weighted by Crippen LogP contribution is -2.33. The smallest absolute Gasteiger partial charge is 0.00671 e. The third-order valence-corrected chi connectivity index (χ3v) is 4.51. The maximum Gasteiger partial charge on any atom is 0.00671 e. The van der Waals surface area contributed by atoms with E-state index in [2.05, 4.69) is 20.8 Å². The van der Waals surface area contributed by atoms with Crippen LogP contribution in [0.4, 0.5) is 0 Å². The highest BCUT2D eigenvalue weighted by atomic mass is 14.6. The van der Waals surface area contributed by atoms with E-state index in [1.807, 2.05) is 0 Å². The average Bonchev–Trinajstić information content (AvgIpc) is 2.29. The first kappa shape index (κ1) is 14.0. The summed E-state index contributed by atoms with van der Waals surface area (Å²) in [6.45, 7) is 7.00. The van der Waals surface area contributed by atoms with Gasteiger partial charge in [-0.3, -0.25) is 0 Å². The molecule has 0 aromatic carbocycles. The minimum Gasteiger partial charge on any atom is -0.327 e. The van der Waals surface area contributed by atoms with E-state index in [0.717, 1.165) is 17.8 Å². The average molecular weight is 225 g/mol. The van der Waals surface area contributed by atoms with Gasteiger partial charge in [0.25, 0.3) is 0 Å². The van der Waals surface area contributed by atoms with Crippen molar-refractivity contribution < 1.29 is 0 Å². The molecule has 1 unspecified atom stereocenters. The van der Waals surface area contributed by atoms with Crippen LogP contribution in [0.1, 0.15) is 72.1 Å². The van der Waals surface area contributed by atoms with Crippen LogP contribution in [0.2, 0.25) is 0 Å². The number of nitrogens with two attached hydrogens (primary N) is 1. The Bertz CT molecular complexity index is 168. The molecule has 0 aliphatic heterocycles. The predicted octanol–water partition coefficient (Wildman–Crippen LogP) is 4.36. The lowest BCUT2D eigenvalue weighted by atomic mass is 9.74. The van der Waals surface area contributed by atoms with Gasteiger partial charge in [0.05, 0.1) is 0 Å². The second-order valence-corrected chi connectivity index (χ2v) is 6.08. The molecule has 96 valence electrons. The Morgan fingerprint density at radius 2 is 1.56 bits per heavy atom. The third kappa shape index (κ3) is 4.45. The maximum atomic E-state index is 6.31. The first-order valence-corrected chi connectivity index (χ1v) is 7.40. The molecule has 2 N–H and O–H groups in total. The molecule has 0 amide bonds. The van der Waals surface area contributed by atoms with Crippen molar-refractivity contribution in [3.63, 3.8) is 0 Å². The van der Waals surface area contributed by atoms with E-state index in [-0.39, 0.29) is 0 Å². The molecule has 1 atom stereocenters. The fraction of sp³-hybridized carbons (Fsp3) is 1.00. The summed E-state index contributed by atoms with van der Waals surface area (Å²) in [7, 11) is 0. The monoisotopic (exact) mass is 225 g/mol. The van der Waals surface area contributed by atoms with Crippen LogP contribution in [0.15, 0.2) is 0 Å². The van der Waals surface area contributed by atoms with Crippen molar-refractivity contribution in [3.8, 4) is 0 Å². The molecule has 0 aromatic rings. The number of hydrogen-bond donors (Lipinski definition) is 1. The Morgan fingerprint density at radius 3 is 2.06 bits per heavy atom. The highest BCUT2D eigenvalue weighted by molar-refractivity contribution is 4.80. The summed E-state index contributed by atoms with van der Waals surface area (Å²) in [5.74, 6) is 2.67. The summed E-state index contributed by atoms with van der Waals surface area (Å²) in [6, 6.07) is 0.486. The largest absolute Gasteiger partial charge is 0.327 e. The lowest BCUT2D eigenvalue weighted by molar-refractivity contribution is 0.198. The first-order valence-electron chi connectivity index (χ1n) is 7.40. The molecular weight excluding hydrogens is 194 g/mol. The van der Waals surface area contributed by atoms with Crippen molar-refractivity contribution in [1.29, 1.82) is 0 Å². The molecule has 1 aliphatic carbocycles. The van der Waals surface area contributed by atoms with Crippen LogP contribution in [-0.2, 0) is 0 Å². The van der Waals surface area contributed by atoms with Gasteiger partial charge in [-0.15, -0.1) is 0 Å². The molecule has 1 saturated carbocycles. The zero-order valence-electron chi connectivity index (χ0n) is 11.5. The minimum absolute atomic E-state index is 0.486. The van der Waals surface area contributed by atoms with Gasteiger partial charge in [0, 0.05) is 6.04 Å². The van der Waals surface area contributed by atoms with Gasteiger partial charge in [-0.2, -0.15) is 0 Å². The molecule has 0 heterocycles. The summed E-state index contributed by atoms with van der Waals surface area (Å²) < 4.78 is 0. The molecule has 1 aliphatic rings. The van der Waals surface area contributed by atoms with Gasteiger partial charge in [0.15, 0.2) is 0 Å². The lowest BCUT2D eigenvalue weighted by Gasteiger charge is -2.34. The summed E-state index contributed by atoms with van der Waals surface area (Å²) in [4.78, 5) is 0. The van der Waals surface area contributed by atoms with Gasteiger partial charge in [-0.1, -0.05) is 40.0 Å². The molecule has 1 nitrogen and oxygen atoms in total. The minimum atomic E-state index is 0.486. The molecule has 1 fully saturated rings. The number of unbranched alkanes of at least 4 members (excludes halogenated alkanes) is 2. The van der Waals surface area contributed by atoms with Crippen molar-refractivity contribution in [2.75, 3.05) is 0 Å². The van der Waals surface area contributed by atoms with Gasteiger partial charge < -0.3 is 5.73 Å². The molecule has 1 heteroatoms. The molecule has 0 radical (unpaired) electrons. The topological polar surface area (TPSA) is 26.0 Å². The van der Waals surface area contributed by atoms with Crippen molar-refractivity contribution in [3.05, 3.63) is 0 Å². The normalized spacial score (nSPS) is 28.3. The van der Waals surface area contributed by atoms with Crippen LogP contribution in [0.3, 0.4) is 0 Å². The highest BCUT2D eigenvalue weighted by Gasteiger charge is 2.26. The molecule has 0 aromatic heterocycles. The quantitative estimate of drug-likeness (QED) is 0.668. The van der Waals surface area contributed by atoms with Gasteiger partial charge in [-0.25, -0.2) is 0 Å². The Labute approximate surface area is 102 Å². The van der Waals surface area contributed by atoms with Crippen LogP contribution < -0.4 is 5.73 Å². The zero-order valence-corrected chi connectivity index (χ0v) is 11.5. The maximum absolute atomic E-state index is 6.31. The first-order chi connectivity index (χ1) is 7.65. The van der Waals surface area contributed by atoms with E-state index in [0.29, 0.717) is 6.04 Å². The van der Waals surface area contributed by atoms with Crippen molar-refractivity contribution in [1.82, 2.24) is 0 Å². The second-order valence-electron chi connectivity index (χ2n) is 6.08. The second kappa shape index (κ2) is 7.32. The van der Waals surface area contributed by atoms with E-state index in [1.54, 1.807) is 0 Å². The molecule has 16 heavy (non-hydrogen) atoms. The van der Waals surface area contributed by atoms with E-state index >= 15 is 0 Å². The predicted molar refractivity (Wildman–Crippen MR) is 72.4 cm³/mol. The molecule has 0 bridgehead atoms. The molecule has 0 saturated heterocycles. The number of rotatable bonds is 6. The van der Waals surface area contributed by atoms with Crippen molar-refractivity contribution >= 4 is 0 Å². The van der Waals surface area contributed by atoms with Crippen LogP contribution in [-0.4, -0.2) is 6.04 Å². The van der Waals surface area contributed by atoms with Crippen LogP contribution in [0.5, 0.6) is 0 Å². The Morgan fingerprint density at radius 1 is 1.00 bits per heavy atom. The molecule has 1 rings (SSSR count). The highest BCUT2D eigenvalue weighted by Crippen LogP contribution is 2.35. The Hall–Kier alpha value is -0.0400. The third-order valence-electron chi connectivity index (χ3n) is 4.51. The number of hydrogen-bond acceptors (Lipinski definition) is 1. The molecular formula is C15H31N. The summed E-state index contributed by atoms with van der Waals surface area (Å²) in [5, 5.41) is 0. The standard InChI is InChI=1S/C15H31N/c1-4-5-6-7-15(16)14-10-8-13(9-11-14)12(2)3/h12-15H,4-11,16H2,1-3H3. The van der Waals surface area contributed by atoms with Crippen molar-refractivity contribution in [2.45, 2.75) is 78.2 Å². The van der Waals surface area contributed by atoms with Gasteiger partial charge in [-0.05, 0) is 49.9 Å². The van der Waals surface area contributed by atoms with Crippen LogP contribution in [0, 0.1) is 17.8 Å². The van der Waals surface area contributed by atoms with Gasteiger partial charge in [0.2, 0.25) is 0 Å². The summed E-state index contributed by atoms with van der Waals surface area (Å²) >= 11 is 0.